The fourth-order valence-corrected chi connectivity index (χ4v) is 3.00. The van der Waals surface area contributed by atoms with Gasteiger partial charge in [-0.25, -0.2) is 0 Å². The van der Waals surface area contributed by atoms with Crippen molar-refractivity contribution in [3.8, 4) is 0 Å². The van der Waals surface area contributed by atoms with E-state index in [4.69, 9.17) is 23.2 Å². The standard InChI is InChI=1S/C20H13Cl2N3O4/c21-15-7-3-1-5-13(15)19(26)23-12-9-10-18(25(28)29)17(11-12)24-20(27)14-6-2-4-8-16(14)22/h1-11H,(H,23,26)(H,24,27). The lowest BCUT2D eigenvalue weighted by Crippen LogP contribution is -2.15. The van der Waals surface area contributed by atoms with E-state index in [-0.39, 0.29) is 38.2 Å². The summed E-state index contributed by atoms with van der Waals surface area (Å²) in [5, 5.41) is 16.9. The SMILES string of the molecule is O=C(Nc1ccc([N+](=O)[O-])c(NC(=O)c2ccccc2Cl)c1)c1ccccc1Cl. The molecule has 0 spiro atoms. The van der Waals surface area contributed by atoms with Crippen LogP contribution in [-0.4, -0.2) is 16.7 Å². The molecule has 0 aliphatic rings. The summed E-state index contributed by atoms with van der Waals surface area (Å²) in [7, 11) is 0. The Bertz CT molecular complexity index is 1120. The Hall–Kier alpha value is -3.42. The maximum atomic E-state index is 12.5. The van der Waals surface area contributed by atoms with Gasteiger partial charge in [-0.2, -0.15) is 0 Å². The van der Waals surface area contributed by atoms with Crippen molar-refractivity contribution in [3.63, 3.8) is 0 Å². The van der Waals surface area contributed by atoms with Crippen molar-refractivity contribution in [2.75, 3.05) is 10.6 Å². The predicted octanol–water partition coefficient (Wildman–Crippen LogP) is 5.41. The van der Waals surface area contributed by atoms with Crippen LogP contribution in [0.25, 0.3) is 0 Å². The third kappa shape index (κ3) is 4.71. The van der Waals surface area contributed by atoms with Crippen molar-refractivity contribution in [1.29, 1.82) is 0 Å². The number of nitro benzene ring substituents is 1. The number of carbonyl (C=O) groups excluding carboxylic acids is 2. The Kier molecular flexibility index (Phi) is 6.11. The molecule has 0 atom stereocenters. The number of halogens is 2. The van der Waals surface area contributed by atoms with E-state index < -0.39 is 16.7 Å². The smallest absolute Gasteiger partial charge is 0.292 e. The first-order chi connectivity index (χ1) is 13.9. The van der Waals surface area contributed by atoms with Crippen LogP contribution in [0.5, 0.6) is 0 Å². The Balaban J connectivity index is 1.89. The van der Waals surface area contributed by atoms with E-state index in [1.807, 2.05) is 0 Å². The van der Waals surface area contributed by atoms with Gasteiger partial charge in [0.15, 0.2) is 0 Å². The number of benzene rings is 3. The Morgan fingerprint density at radius 1 is 0.793 bits per heavy atom. The van der Waals surface area contributed by atoms with E-state index >= 15 is 0 Å². The number of nitrogens with zero attached hydrogens (tertiary/aromatic N) is 1. The summed E-state index contributed by atoms with van der Waals surface area (Å²) in [6.45, 7) is 0. The number of hydrogen-bond donors (Lipinski definition) is 2. The molecule has 3 rings (SSSR count). The van der Waals surface area contributed by atoms with Gasteiger partial charge < -0.3 is 10.6 Å². The number of hydrogen-bond acceptors (Lipinski definition) is 4. The van der Waals surface area contributed by atoms with Gasteiger partial charge in [0.25, 0.3) is 17.5 Å². The fraction of sp³-hybridized carbons (Fsp3) is 0. The molecule has 0 heterocycles. The van der Waals surface area contributed by atoms with Crippen molar-refractivity contribution >= 4 is 52.1 Å². The molecule has 0 aliphatic heterocycles. The van der Waals surface area contributed by atoms with Gasteiger partial charge in [0.1, 0.15) is 5.69 Å². The van der Waals surface area contributed by atoms with Crippen LogP contribution < -0.4 is 10.6 Å². The minimum Gasteiger partial charge on any atom is -0.322 e. The molecule has 2 N–H and O–H groups in total. The second-order valence-electron chi connectivity index (χ2n) is 5.86. The fourth-order valence-electron chi connectivity index (χ4n) is 2.55. The van der Waals surface area contributed by atoms with Gasteiger partial charge in [-0.1, -0.05) is 47.5 Å². The highest BCUT2D eigenvalue weighted by atomic mass is 35.5. The maximum absolute atomic E-state index is 12.5. The minimum absolute atomic E-state index is 0.0862. The molecule has 3 aromatic carbocycles. The van der Waals surface area contributed by atoms with Crippen LogP contribution in [0.1, 0.15) is 20.7 Å². The Labute approximate surface area is 175 Å². The van der Waals surface area contributed by atoms with Crippen LogP contribution >= 0.6 is 23.2 Å². The normalized spacial score (nSPS) is 10.3. The maximum Gasteiger partial charge on any atom is 0.292 e. The molecular formula is C20H13Cl2N3O4. The lowest BCUT2D eigenvalue weighted by Gasteiger charge is -2.11. The van der Waals surface area contributed by atoms with Gasteiger partial charge in [-0.3, -0.25) is 19.7 Å². The third-order valence-electron chi connectivity index (χ3n) is 3.94. The highest BCUT2D eigenvalue weighted by Crippen LogP contribution is 2.29. The lowest BCUT2D eigenvalue weighted by atomic mass is 10.1. The largest absolute Gasteiger partial charge is 0.322 e. The molecule has 0 aromatic heterocycles. The summed E-state index contributed by atoms with van der Waals surface area (Å²) in [6, 6.07) is 16.6. The van der Waals surface area contributed by atoms with Crippen molar-refractivity contribution in [2.24, 2.45) is 0 Å². The lowest BCUT2D eigenvalue weighted by molar-refractivity contribution is -0.383. The number of rotatable bonds is 5. The summed E-state index contributed by atoms with van der Waals surface area (Å²) < 4.78 is 0. The molecule has 3 aromatic rings. The van der Waals surface area contributed by atoms with Crippen LogP contribution in [0.4, 0.5) is 17.1 Å². The summed E-state index contributed by atoms with van der Waals surface area (Å²) in [5.41, 5.74) is 0.233. The van der Waals surface area contributed by atoms with Crippen LogP contribution in [0.15, 0.2) is 66.7 Å². The zero-order chi connectivity index (χ0) is 21.0. The highest BCUT2D eigenvalue weighted by molar-refractivity contribution is 6.35. The zero-order valence-electron chi connectivity index (χ0n) is 14.7. The molecule has 2 amide bonds. The zero-order valence-corrected chi connectivity index (χ0v) is 16.2. The van der Waals surface area contributed by atoms with Gasteiger partial charge in [-0.15, -0.1) is 0 Å². The van der Waals surface area contributed by atoms with E-state index in [1.165, 1.54) is 30.3 Å². The van der Waals surface area contributed by atoms with Gasteiger partial charge in [0.2, 0.25) is 0 Å². The molecule has 9 heteroatoms. The molecule has 0 radical (unpaired) electrons. The predicted molar refractivity (Wildman–Crippen MR) is 112 cm³/mol. The van der Waals surface area contributed by atoms with E-state index in [2.05, 4.69) is 10.6 Å². The second-order valence-corrected chi connectivity index (χ2v) is 6.67. The van der Waals surface area contributed by atoms with Gasteiger partial charge >= 0.3 is 0 Å². The van der Waals surface area contributed by atoms with E-state index in [9.17, 15) is 19.7 Å². The summed E-state index contributed by atoms with van der Waals surface area (Å²) in [4.78, 5) is 35.6. The minimum atomic E-state index is -0.637. The van der Waals surface area contributed by atoms with E-state index in [1.54, 1.807) is 36.4 Å². The molecular weight excluding hydrogens is 417 g/mol. The molecule has 29 heavy (non-hydrogen) atoms. The third-order valence-corrected chi connectivity index (χ3v) is 4.60. The number of nitro groups is 1. The molecule has 0 fully saturated rings. The molecule has 7 nitrogen and oxygen atoms in total. The van der Waals surface area contributed by atoms with Gasteiger partial charge in [0.05, 0.1) is 26.1 Å². The molecule has 0 unspecified atom stereocenters. The van der Waals surface area contributed by atoms with E-state index in [0.717, 1.165) is 0 Å². The second kappa shape index (κ2) is 8.72. The van der Waals surface area contributed by atoms with Crippen LogP contribution in [-0.2, 0) is 0 Å². The van der Waals surface area contributed by atoms with Crippen molar-refractivity contribution < 1.29 is 14.5 Å². The topological polar surface area (TPSA) is 101 Å². The first kappa shape index (κ1) is 20.3. The number of amides is 2. The molecule has 0 saturated carbocycles. The van der Waals surface area contributed by atoms with Crippen molar-refractivity contribution in [2.45, 2.75) is 0 Å². The van der Waals surface area contributed by atoms with Crippen molar-refractivity contribution in [3.05, 3.63) is 98.0 Å². The number of nitrogens with one attached hydrogen (secondary N) is 2. The van der Waals surface area contributed by atoms with Crippen molar-refractivity contribution in [1.82, 2.24) is 0 Å². The monoisotopic (exact) mass is 429 g/mol. The average molecular weight is 430 g/mol. The van der Waals surface area contributed by atoms with Crippen LogP contribution in [0.2, 0.25) is 10.0 Å². The summed E-state index contributed by atoms with van der Waals surface area (Å²) in [5.74, 6) is -1.11. The molecule has 0 aliphatic carbocycles. The van der Waals surface area contributed by atoms with E-state index in [0.29, 0.717) is 0 Å². The summed E-state index contributed by atoms with van der Waals surface area (Å²) >= 11 is 12.0. The van der Waals surface area contributed by atoms with Gasteiger partial charge in [-0.05, 0) is 36.4 Å². The quantitative estimate of drug-likeness (QED) is 0.418. The number of anilines is 2. The summed E-state index contributed by atoms with van der Waals surface area (Å²) in [6.07, 6.45) is 0. The van der Waals surface area contributed by atoms with Gasteiger partial charge in [0, 0.05) is 11.8 Å². The Morgan fingerprint density at radius 2 is 1.31 bits per heavy atom. The molecule has 0 saturated heterocycles. The first-order valence-electron chi connectivity index (χ1n) is 8.27. The number of carbonyl (C=O) groups is 2. The Morgan fingerprint density at radius 3 is 1.83 bits per heavy atom. The molecule has 146 valence electrons. The van der Waals surface area contributed by atoms with Crippen LogP contribution in [0.3, 0.4) is 0 Å². The van der Waals surface area contributed by atoms with Crippen LogP contribution in [0, 0.1) is 10.1 Å². The average Bonchev–Trinajstić information content (AvgIpc) is 2.68. The highest BCUT2D eigenvalue weighted by Gasteiger charge is 2.19. The molecule has 0 bridgehead atoms. The first-order valence-corrected chi connectivity index (χ1v) is 9.02.